The Labute approximate surface area is 395 Å². The van der Waals surface area contributed by atoms with Gasteiger partial charge in [-0.2, -0.15) is 0 Å². The third-order valence-electron chi connectivity index (χ3n) is 12.8. The molecule has 318 valence electrons. The van der Waals surface area contributed by atoms with Crippen LogP contribution in [-0.4, -0.2) is 19.9 Å². The average molecular weight is 867 g/mol. The number of benzene rings is 10. The molecule has 0 bridgehead atoms. The molecule has 10 aromatic carbocycles. The van der Waals surface area contributed by atoms with E-state index in [4.69, 9.17) is 19.9 Å². The SMILES string of the molecule is c1ccc(-c2ccc(-c3cc(-c4ccc(-c5ccc(-c6cc(-c7ccc(-c8ccccc8)cc7)nc(-c7cccc8ccccc78)n6)cc5)cc4)nc(-c4cccc5ccccc45)n3)cc2)cc1. The maximum absolute atomic E-state index is 5.23. The molecule has 0 radical (unpaired) electrons. The highest BCUT2D eigenvalue weighted by molar-refractivity contribution is 5.97. The Morgan fingerprint density at radius 2 is 0.441 bits per heavy atom. The quantitative estimate of drug-likeness (QED) is 0.145. The van der Waals surface area contributed by atoms with Crippen molar-refractivity contribution < 1.29 is 0 Å². The van der Waals surface area contributed by atoms with Crippen molar-refractivity contribution in [2.24, 2.45) is 0 Å². The molecule has 0 atom stereocenters. The molecule has 4 heteroatoms. The maximum Gasteiger partial charge on any atom is 0.161 e. The Hall–Kier alpha value is -9.12. The molecule has 12 rings (SSSR count). The second-order valence-electron chi connectivity index (χ2n) is 17.0. The van der Waals surface area contributed by atoms with Crippen LogP contribution in [0, 0.1) is 0 Å². The minimum Gasteiger partial charge on any atom is -0.228 e. The zero-order valence-corrected chi connectivity index (χ0v) is 37.0. The molecule has 2 heterocycles. The molecule has 0 fully saturated rings. The molecule has 12 aromatic rings. The monoisotopic (exact) mass is 866 g/mol. The number of nitrogens with zero attached hydrogens (tertiary/aromatic N) is 4. The third kappa shape index (κ3) is 8.01. The van der Waals surface area contributed by atoms with Gasteiger partial charge in [-0.25, -0.2) is 19.9 Å². The molecule has 0 aliphatic rings. The van der Waals surface area contributed by atoms with Crippen molar-refractivity contribution in [3.63, 3.8) is 0 Å². The molecule has 2 aromatic heterocycles. The average Bonchev–Trinajstić information content (AvgIpc) is 3.43. The van der Waals surface area contributed by atoms with E-state index < -0.39 is 0 Å². The van der Waals surface area contributed by atoms with Crippen molar-refractivity contribution in [2.75, 3.05) is 0 Å². The van der Waals surface area contributed by atoms with E-state index in [9.17, 15) is 0 Å². The summed E-state index contributed by atoms with van der Waals surface area (Å²) in [7, 11) is 0. The smallest absolute Gasteiger partial charge is 0.161 e. The predicted molar refractivity (Wildman–Crippen MR) is 282 cm³/mol. The van der Waals surface area contributed by atoms with Crippen LogP contribution in [0.3, 0.4) is 0 Å². The van der Waals surface area contributed by atoms with Crippen molar-refractivity contribution in [1.82, 2.24) is 19.9 Å². The highest BCUT2D eigenvalue weighted by Crippen LogP contribution is 2.36. The van der Waals surface area contributed by atoms with Crippen LogP contribution in [0.2, 0.25) is 0 Å². The van der Waals surface area contributed by atoms with E-state index in [1.54, 1.807) is 0 Å². The van der Waals surface area contributed by atoms with E-state index in [1.165, 1.54) is 22.3 Å². The van der Waals surface area contributed by atoms with E-state index in [2.05, 4.69) is 243 Å². The molecule has 0 N–H and O–H groups in total. The second-order valence-corrected chi connectivity index (χ2v) is 17.0. The van der Waals surface area contributed by atoms with Crippen LogP contribution >= 0.6 is 0 Å². The predicted octanol–water partition coefficient (Wildman–Crippen LogP) is 16.6. The first-order valence-electron chi connectivity index (χ1n) is 22.9. The third-order valence-corrected chi connectivity index (χ3v) is 12.8. The van der Waals surface area contributed by atoms with E-state index in [0.29, 0.717) is 11.6 Å². The van der Waals surface area contributed by atoms with E-state index in [1.807, 2.05) is 12.1 Å². The van der Waals surface area contributed by atoms with E-state index in [-0.39, 0.29) is 0 Å². The van der Waals surface area contributed by atoms with Gasteiger partial charge in [-0.05, 0) is 67.1 Å². The Kier molecular flexibility index (Phi) is 10.5. The van der Waals surface area contributed by atoms with Crippen LogP contribution in [0.4, 0.5) is 0 Å². The van der Waals surface area contributed by atoms with Crippen molar-refractivity contribution in [3.8, 4) is 101 Å². The van der Waals surface area contributed by atoms with Gasteiger partial charge in [0.25, 0.3) is 0 Å². The highest BCUT2D eigenvalue weighted by atomic mass is 14.9. The van der Waals surface area contributed by atoms with Gasteiger partial charge in [0, 0.05) is 33.4 Å². The van der Waals surface area contributed by atoms with Crippen LogP contribution in [0.25, 0.3) is 123 Å². The van der Waals surface area contributed by atoms with Crippen molar-refractivity contribution in [3.05, 3.63) is 255 Å². The Morgan fingerprint density at radius 3 is 0.765 bits per heavy atom. The second kappa shape index (κ2) is 17.7. The summed E-state index contributed by atoms with van der Waals surface area (Å²) in [6.07, 6.45) is 0. The van der Waals surface area contributed by atoms with Gasteiger partial charge in [0.1, 0.15) is 0 Å². The van der Waals surface area contributed by atoms with Gasteiger partial charge >= 0.3 is 0 Å². The molecular formula is C64H42N4. The topological polar surface area (TPSA) is 51.6 Å². The fraction of sp³-hybridized carbons (Fsp3) is 0. The first-order chi connectivity index (χ1) is 33.7. The molecule has 0 aliphatic heterocycles. The lowest BCUT2D eigenvalue weighted by atomic mass is 9.98. The van der Waals surface area contributed by atoms with Gasteiger partial charge < -0.3 is 0 Å². The lowest BCUT2D eigenvalue weighted by molar-refractivity contribution is 1.19. The fourth-order valence-electron chi connectivity index (χ4n) is 9.16. The van der Waals surface area contributed by atoms with Crippen LogP contribution in [0.5, 0.6) is 0 Å². The highest BCUT2D eigenvalue weighted by Gasteiger charge is 2.16. The standard InChI is InChI=1S/C64H42N4/c1-3-13-43(14-4-1)45-25-33-51(34-26-45)59-41-61(67-63(65-59)57-23-11-19-49-17-7-9-21-55(49)57)53-37-29-47(30-38-53)48-31-39-54(40-32-48)62-42-60(52-35-27-46(28-36-52)44-15-5-2-6-16-44)66-64(68-62)58-24-12-20-50-18-8-10-22-56(50)58/h1-42H. The Balaban J connectivity index is 0.884. The summed E-state index contributed by atoms with van der Waals surface area (Å²) in [6, 6.07) is 89.3. The number of fused-ring (bicyclic) bond motifs is 2. The maximum atomic E-state index is 5.23. The lowest BCUT2D eigenvalue weighted by Gasteiger charge is -2.13. The molecule has 0 amide bonds. The van der Waals surface area contributed by atoms with Crippen molar-refractivity contribution >= 4 is 21.5 Å². The van der Waals surface area contributed by atoms with Crippen LogP contribution in [0.1, 0.15) is 0 Å². The van der Waals surface area contributed by atoms with E-state index >= 15 is 0 Å². The first-order valence-corrected chi connectivity index (χ1v) is 22.9. The van der Waals surface area contributed by atoms with Crippen LogP contribution < -0.4 is 0 Å². The number of hydrogen-bond donors (Lipinski definition) is 0. The minimum atomic E-state index is 0.696. The molecule has 0 unspecified atom stereocenters. The molecule has 0 spiro atoms. The van der Waals surface area contributed by atoms with Gasteiger partial charge in [0.15, 0.2) is 11.6 Å². The lowest BCUT2D eigenvalue weighted by Crippen LogP contribution is -1.97. The number of aromatic nitrogens is 4. The number of hydrogen-bond acceptors (Lipinski definition) is 4. The van der Waals surface area contributed by atoms with Gasteiger partial charge in [0.05, 0.1) is 22.8 Å². The van der Waals surface area contributed by atoms with Crippen molar-refractivity contribution in [1.29, 1.82) is 0 Å². The first kappa shape index (κ1) is 40.4. The molecule has 0 aliphatic carbocycles. The minimum absolute atomic E-state index is 0.696. The molecular weight excluding hydrogens is 825 g/mol. The fourth-order valence-corrected chi connectivity index (χ4v) is 9.16. The largest absolute Gasteiger partial charge is 0.228 e. The summed E-state index contributed by atoms with van der Waals surface area (Å²) in [6.45, 7) is 0. The Bertz CT molecular complexity index is 3470. The summed E-state index contributed by atoms with van der Waals surface area (Å²) >= 11 is 0. The van der Waals surface area contributed by atoms with Crippen molar-refractivity contribution in [2.45, 2.75) is 0 Å². The van der Waals surface area contributed by atoms with Gasteiger partial charge in [0.2, 0.25) is 0 Å². The molecule has 68 heavy (non-hydrogen) atoms. The zero-order chi connectivity index (χ0) is 45.2. The summed E-state index contributed by atoms with van der Waals surface area (Å²) < 4.78 is 0. The van der Waals surface area contributed by atoms with E-state index in [0.717, 1.165) is 88.8 Å². The van der Waals surface area contributed by atoms with Crippen LogP contribution in [0.15, 0.2) is 255 Å². The molecule has 4 nitrogen and oxygen atoms in total. The summed E-state index contributed by atoms with van der Waals surface area (Å²) in [5, 5.41) is 4.55. The Morgan fingerprint density at radius 1 is 0.191 bits per heavy atom. The van der Waals surface area contributed by atoms with Gasteiger partial charge in [-0.1, -0.05) is 243 Å². The van der Waals surface area contributed by atoms with Gasteiger partial charge in [-0.15, -0.1) is 0 Å². The summed E-state index contributed by atoms with van der Waals surface area (Å²) in [5.41, 5.74) is 16.5. The van der Waals surface area contributed by atoms with Gasteiger partial charge in [-0.3, -0.25) is 0 Å². The normalized spacial score (nSPS) is 11.2. The van der Waals surface area contributed by atoms with Crippen LogP contribution in [-0.2, 0) is 0 Å². The summed E-state index contributed by atoms with van der Waals surface area (Å²) in [4.78, 5) is 20.9. The summed E-state index contributed by atoms with van der Waals surface area (Å²) in [5.74, 6) is 1.39. The molecule has 0 saturated heterocycles. The zero-order valence-electron chi connectivity index (χ0n) is 37.0. The number of rotatable bonds is 9. The molecule has 0 saturated carbocycles.